The summed E-state index contributed by atoms with van der Waals surface area (Å²) in [6, 6.07) is 6.22. The molecule has 0 aromatic heterocycles. The van der Waals surface area contributed by atoms with Crippen LogP contribution in [0.5, 0.6) is 23.0 Å². The summed E-state index contributed by atoms with van der Waals surface area (Å²) in [5.74, 6) is 0.0129. The van der Waals surface area contributed by atoms with Crippen molar-refractivity contribution in [1.82, 2.24) is 0 Å². The van der Waals surface area contributed by atoms with E-state index in [4.69, 9.17) is 42.3 Å². The molecule has 2 aromatic rings. The van der Waals surface area contributed by atoms with Crippen molar-refractivity contribution < 1.29 is 28.5 Å². The highest BCUT2D eigenvalue weighted by Gasteiger charge is 2.30. The molecule has 0 saturated carbocycles. The van der Waals surface area contributed by atoms with Gasteiger partial charge in [-0.2, -0.15) is 10.2 Å². The summed E-state index contributed by atoms with van der Waals surface area (Å²) in [6.45, 7) is 1.20. The zero-order chi connectivity index (χ0) is 23.1. The largest absolute Gasteiger partial charge is 0.497 e. The molecule has 0 saturated heterocycles. The van der Waals surface area contributed by atoms with E-state index in [0.29, 0.717) is 23.0 Å². The maximum atomic E-state index is 12.9. The first-order valence-electron chi connectivity index (χ1n) is 8.81. The molecule has 11 heteroatoms. The van der Waals surface area contributed by atoms with Gasteiger partial charge in [-0.3, -0.25) is 9.59 Å². The minimum atomic E-state index is -1.53. The van der Waals surface area contributed by atoms with E-state index in [1.807, 2.05) is 0 Å². The average molecular weight is 470 g/mol. The number of methoxy groups -OCH3 is 4. The maximum Gasteiger partial charge on any atom is 0.276 e. The number of rotatable bonds is 9. The number of hydrogen-bond donors (Lipinski definition) is 0. The van der Waals surface area contributed by atoms with Gasteiger partial charge in [0.1, 0.15) is 39.4 Å². The number of ketones is 1. The zero-order valence-electron chi connectivity index (χ0n) is 17.5. The van der Waals surface area contributed by atoms with Gasteiger partial charge in [-0.05, 0) is 19.1 Å². The smallest absolute Gasteiger partial charge is 0.276 e. The third-order valence-electron chi connectivity index (χ3n) is 4.14. The molecule has 31 heavy (non-hydrogen) atoms. The van der Waals surface area contributed by atoms with Gasteiger partial charge in [-0.25, -0.2) is 4.42 Å². The van der Waals surface area contributed by atoms with Crippen LogP contribution in [0.3, 0.4) is 0 Å². The normalized spacial score (nSPS) is 11.7. The molecule has 9 nitrogen and oxygen atoms in total. The Morgan fingerprint density at radius 2 is 1.58 bits per heavy atom. The number of ether oxygens (including phenoxy) is 4. The summed E-state index contributed by atoms with van der Waals surface area (Å²) in [5, 5.41) is 7.99. The number of benzene rings is 2. The lowest BCUT2D eigenvalue weighted by molar-refractivity contribution is -0.126. The predicted molar refractivity (Wildman–Crippen MR) is 116 cm³/mol. The molecule has 2 rings (SSSR count). The van der Waals surface area contributed by atoms with Crippen molar-refractivity contribution in [3.63, 3.8) is 0 Å². The molecule has 0 bridgehead atoms. The van der Waals surface area contributed by atoms with Crippen LogP contribution in [-0.4, -0.2) is 46.2 Å². The summed E-state index contributed by atoms with van der Waals surface area (Å²) in [5.41, 5.74) is 0.327. The van der Waals surface area contributed by atoms with Crippen LogP contribution in [0.15, 0.2) is 40.6 Å². The van der Waals surface area contributed by atoms with Gasteiger partial charge in [-0.15, -0.1) is 0 Å². The molecule has 1 amide bonds. The molecule has 0 aliphatic rings. The average Bonchev–Trinajstić information content (AvgIpc) is 2.78. The van der Waals surface area contributed by atoms with Gasteiger partial charge < -0.3 is 18.9 Å². The van der Waals surface area contributed by atoms with Crippen molar-refractivity contribution >= 4 is 46.4 Å². The van der Waals surface area contributed by atoms with Crippen LogP contribution >= 0.6 is 23.4 Å². The van der Waals surface area contributed by atoms with Crippen LogP contribution in [0.1, 0.15) is 6.92 Å². The number of Topliss-reactive ketones (excluding diaryl/α,β-unsaturated/α-hetero) is 1. The van der Waals surface area contributed by atoms with Gasteiger partial charge in [0.25, 0.3) is 5.91 Å². The highest BCUT2D eigenvalue weighted by molar-refractivity contribution is 6.39. The highest BCUT2D eigenvalue weighted by atomic mass is 35.5. The van der Waals surface area contributed by atoms with E-state index in [1.165, 1.54) is 47.5 Å². The molecule has 166 valence electrons. The number of amides is 1. The molecule has 1 atom stereocenters. The van der Waals surface area contributed by atoms with E-state index in [1.54, 1.807) is 18.2 Å². The molecule has 0 aliphatic carbocycles. The molecule has 0 spiro atoms. The Morgan fingerprint density at radius 3 is 2.13 bits per heavy atom. The fourth-order valence-electron chi connectivity index (χ4n) is 2.50. The van der Waals surface area contributed by atoms with Crippen LogP contribution in [0.4, 0.5) is 11.4 Å². The van der Waals surface area contributed by atoms with Gasteiger partial charge in [-0.1, -0.05) is 11.6 Å². The Kier molecular flexibility index (Phi) is 8.47. The van der Waals surface area contributed by atoms with Crippen LogP contribution in [0.2, 0.25) is 5.02 Å². The molecule has 0 N–H and O–H groups in total. The Morgan fingerprint density at radius 1 is 0.935 bits per heavy atom. The first kappa shape index (κ1) is 24.2. The second kappa shape index (κ2) is 10.8. The summed E-state index contributed by atoms with van der Waals surface area (Å²) in [4.78, 5) is 25.1. The monoisotopic (exact) mass is 469 g/mol. The standard InChI is InChI=1S/C20H21Cl2N3O6/c1-11(26)19(24-23-14-8-13(29-3)10-17(31-5)18(14)21)20(27)25(22)15-9-12(28-2)6-7-16(15)30-4/h6-10,19H,1-5H3. The van der Waals surface area contributed by atoms with Gasteiger partial charge in [0.2, 0.25) is 6.04 Å². The van der Waals surface area contributed by atoms with Gasteiger partial charge in [0.05, 0.1) is 28.4 Å². The SMILES string of the molecule is COc1cc(N=NC(C(C)=O)C(=O)N(Cl)c2cc(OC)ccc2OC)c(Cl)c(OC)c1. The summed E-state index contributed by atoms with van der Waals surface area (Å²) >= 11 is 12.5. The Bertz CT molecular complexity index is 999. The number of hydrogen-bond acceptors (Lipinski definition) is 8. The first-order valence-corrected chi connectivity index (χ1v) is 9.53. The van der Waals surface area contributed by atoms with Crippen LogP contribution < -0.4 is 23.4 Å². The summed E-state index contributed by atoms with van der Waals surface area (Å²) in [7, 11) is 5.76. The molecular formula is C20H21Cl2N3O6. The molecule has 0 radical (unpaired) electrons. The fraction of sp³-hybridized carbons (Fsp3) is 0.300. The van der Waals surface area contributed by atoms with E-state index in [2.05, 4.69) is 10.2 Å². The Balaban J connectivity index is 2.41. The first-order chi connectivity index (χ1) is 14.8. The third-order valence-corrected chi connectivity index (χ3v) is 4.87. The Hall–Kier alpha value is -3.04. The lowest BCUT2D eigenvalue weighted by atomic mass is 10.2. The van der Waals surface area contributed by atoms with Crippen molar-refractivity contribution in [1.29, 1.82) is 0 Å². The van der Waals surface area contributed by atoms with Crippen molar-refractivity contribution in [2.45, 2.75) is 13.0 Å². The topological polar surface area (TPSA) is 99.0 Å². The van der Waals surface area contributed by atoms with Gasteiger partial charge in [0.15, 0.2) is 5.78 Å². The van der Waals surface area contributed by atoms with E-state index in [0.717, 1.165) is 4.42 Å². The van der Waals surface area contributed by atoms with Crippen molar-refractivity contribution in [2.75, 3.05) is 32.9 Å². The number of halogens is 2. The van der Waals surface area contributed by atoms with E-state index >= 15 is 0 Å². The predicted octanol–water partition coefficient (Wildman–Crippen LogP) is 4.60. The molecule has 1 unspecified atom stereocenters. The van der Waals surface area contributed by atoms with E-state index < -0.39 is 17.7 Å². The van der Waals surface area contributed by atoms with Crippen LogP contribution in [-0.2, 0) is 9.59 Å². The number of carbonyl (C=O) groups is 2. The second-order valence-corrected chi connectivity index (χ2v) is 6.76. The van der Waals surface area contributed by atoms with Crippen LogP contribution in [0.25, 0.3) is 0 Å². The molecule has 0 heterocycles. The fourth-order valence-corrected chi connectivity index (χ4v) is 2.95. The molecule has 2 aromatic carbocycles. The van der Waals surface area contributed by atoms with Gasteiger partial charge in [0, 0.05) is 30.0 Å². The quantitative estimate of drug-likeness (QED) is 0.302. The number of nitrogens with zero attached hydrogens (tertiary/aromatic N) is 3. The zero-order valence-corrected chi connectivity index (χ0v) is 19.0. The minimum Gasteiger partial charge on any atom is -0.497 e. The van der Waals surface area contributed by atoms with E-state index in [-0.39, 0.29) is 16.4 Å². The highest BCUT2D eigenvalue weighted by Crippen LogP contribution is 2.39. The molecule has 0 aliphatic heterocycles. The minimum absolute atomic E-state index is 0.138. The van der Waals surface area contributed by atoms with Gasteiger partial charge >= 0.3 is 0 Å². The number of anilines is 1. The molecule has 0 fully saturated rings. The van der Waals surface area contributed by atoms with Crippen molar-refractivity contribution in [3.05, 3.63) is 35.4 Å². The van der Waals surface area contributed by atoms with Crippen molar-refractivity contribution in [3.8, 4) is 23.0 Å². The lowest BCUT2D eigenvalue weighted by Crippen LogP contribution is -2.36. The summed E-state index contributed by atoms with van der Waals surface area (Å²) in [6.07, 6.45) is 0. The van der Waals surface area contributed by atoms with Crippen LogP contribution in [0, 0.1) is 0 Å². The number of carbonyl (C=O) groups excluding carboxylic acids is 2. The number of azo groups is 1. The maximum absolute atomic E-state index is 12.9. The van der Waals surface area contributed by atoms with E-state index in [9.17, 15) is 9.59 Å². The second-order valence-electron chi connectivity index (χ2n) is 6.05. The molecular weight excluding hydrogens is 449 g/mol. The Labute approximate surface area is 189 Å². The lowest BCUT2D eigenvalue weighted by Gasteiger charge is -2.19. The summed E-state index contributed by atoms with van der Waals surface area (Å²) < 4.78 is 21.5. The third kappa shape index (κ3) is 5.56. The van der Waals surface area contributed by atoms with Crippen molar-refractivity contribution in [2.24, 2.45) is 10.2 Å².